The van der Waals surface area contributed by atoms with Crippen molar-refractivity contribution in [2.24, 2.45) is 0 Å². The minimum absolute atomic E-state index is 0.0132. The van der Waals surface area contributed by atoms with Crippen LogP contribution in [0.1, 0.15) is 55.1 Å². The molecule has 2 atom stereocenters. The molecule has 1 N–H and O–H groups in total. The minimum atomic E-state index is -0.632. The molecule has 1 heterocycles. The SMILES string of the molecule is CC[C@H](C(=O)N[C@@H](C)CC)N(Cc1ccccc1C)C(=O)CN1C(=O)c2cccc3cccc1c23. The van der Waals surface area contributed by atoms with Crippen LogP contribution in [0.4, 0.5) is 5.69 Å². The second-order valence-electron chi connectivity index (χ2n) is 9.26. The molecule has 4 rings (SSSR count). The van der Waals surface area contributed by atoms with Crippen molar-refractivity contribution in [2.75, 3.05) is 11.4 Å². The smallest absolute Gasteiger partial charge is 0.259 e. The van der Waals surface area contributed by atoms with E-state index in [1.807, 2.05) is 82.3 Å². The Kier molecular flexibility index (Phi) is 7.20. The Balaban J connectivity index is 1.66. The summed E-state index contributed by atoms with van der Waals surface area (Å²) in [6.45, 7) is 8.07. The van der Waals surface area contributed by atoms with Gasteiger partial charge in [0.25, 0.3) is 5.91 Å². The summed E-state index contributed by atoms with van der Waals surface area (Å²) in [5.41, 5.74) is 3.38. The van der Waals surface area contributed by atoms with Crippen molar-refractivity contribution >= 4 is 34.2 Å². The molecule has 0 radical (unpaired) electrons. The molecule has 6 nitrogen and oxygen atoms in total. The lowest BCUT2D eigenvalue weighted by atomic mass is 10.1. The van der Waals surface area contributed by atoms with Gasteiger partial charge in [-0.1, -0.05) is 62.4 Å². The van der Waals surface area contributed by atoms with Crippen LogP contribution in [0.3, 0.4) is 0 Å². The topological polar surface area (TPSA) is 69.7 Å². The van der Waals surface area contributed by atoms with Gasteiger partial charge in [-0.05, 0) is 55.3 Å². The Morgan fingerprint density at radius 3 is 2.37 bits per heavy atom. The third-order valence-corrected chi connectivity index (χ3v) is 6.93. The van der Waals surface area contributed by atoms with Gasteiger partial charge in [0.05, 0.1) is 5.69 Å². The highest BCUT2D eigenvalue weighted by Crippen LogP contribution is 2.37. The third kappa shape index (κ3) is 4.78. The monoisotopic (exact) mass is 471 g/mol. The molecular formula is C29H33N3O3. The zero-order valence-electron chi connectivity index (χ0n) is 20.9. The Hall–Kier alpha value is -3.67. The van der Waals surface area contributed by atoms with Crippen LogP contribution < -0.4 is 10.2 Å². The third-order valence-electron chi connectivity index (χ3n) is 6.93. The number of nitrogens with zero attached hydrogens (tertiary/aromatic N) is 2. The molecular weight excluding hydrogens is 438 g/mol. The zero-order chi connectivity index (χ0) is 25.1. The van der Waals surface area contributed by atoms with Gasteiger partial charge >= 0.3 is 0 Å². The molecule has 0 saturated carbocycles. The first-order chi connectivity index (χ1) is 16.8. The number of hydrogen-bond donors (Lipinski definition) is 1. The fourth-order valence-electron chi connectivity index (χ4n) is 4.69. The van der Waals surface area contributed by atoms with Gasteiger partial charge in [-0.15, -0.1) is 0 Å². The number of carbonyl (C=O) groups is 3. The maximum atomic E-state index is 13.8. The first-order valence-corrected chi connectivity index (χ1v) is 12.3. The van der Waals surface area contributed by atoms with Gasteiger partial charge in [0, 0.05) is 23.5 Å². The number of nitrogens with one attached hydrogen (secondary N) is 1. The lowest BCUT2D eigenvalue weighted by Crippen LogP contribution is -2.53. The van der Waals surface area contributed by atoms with E-state index < -0.39 is 6.04 Å². The Labute approximate surface area is 206 Å². The normalized spacial score (nSPS) is 14.2. The van der Waals surface area contributed by atoms with Gasteiger partial charge in [0.15, 0.2) is 0 Å². The van der Waals surface area contributed by atoms with E-state index in [0.29, 0.717) is 18.5 Å². The van der Waals surface area contributed by atoms with E-state index in [1.54, 1.807) is 15.9 Å². The molecule has 35 heavy (non-hydrogen) atoms. The number of hydrogen-bond acceptors (Lipinski definition) is 3. The molecule has 3 amide bonds. The van der Waals surface area contributed by atoms with Crippen LogP contribution in [-0.4, -0.2) is 41.2 Å². The van der Waals surface area contributed by atoms with Gasteiger partial charge in [-0.3, -0.25) is 19.3 Å². The quantitative estimate of drug-likeness (QED) is 0.486. The molecule has 182 valence electrons. The molecule has 0 aliphatic carbocycles. The molecule has 0 bridgehead atoms. The van der Waals surface area contributed by atoms with Crippen LogP contribution in [0.2, 0.25) is 0 Å². The van der Waals surface area contributed by atoms with Crippen LogP contribution in [0, 0.1) is 6.92 Å². The largest absolute Gasteiger partial charge is 0.352 e. The second-order valence-corrected chi connectivity index (χ2v) is 9.26. The molecule has 0 saturated heterocycles. The summed E-state index contributed by atoms with van der Waals surface area (Å²) in [5.74, 6) is -0.599. The van der Waals surface area contributed by atoms with E-state index in [1.165, 1.54) is 0 Å². The van der Waals surface area contributed by atoms with E-state index in [4.69, 9.17) is 0 Å². The number of amides is 3. The summed E-state index contributed by atoms with van der Waals surface area (Å²) in [4.78, 5) is 43.5. The molecule has 1 aliphatic rings. The number of anilines is 1. The Morgan fingerprint density at radius 1 is 0.971 bits per heavy atom. The number of carbonyl (C=O) groups excluding carboxylic acids is 3. The minimum Gasteiger partial charge on any atom is -0.352 e. The van der Waals surface area contributed by atoms with E-state index in [2.05, 4.69) is 5.32 Å². The van der Waals surface area contributed by atoms with Crippen molar-refractivity contribution in [3.63, 3.8) is 0 Å². The molecule has 3 aromatic rings. The summed E-state index contributed by atoms with van der Waals surface area (Å²) in [6, 6.07) is 18.6. The van der Waals surface area contributed by atoms with Crippen LogP contribution in [0.25, 0.3) is 10.8 Å². The first kappa shape index (κ1) is 24.5. The standard InChI is InChI=1S/C29H33N3O3/c1-5-20(4)30-28(34)24(6-2)31(17-22-12-8-7-11-19(22)3)26(33)18-32-25-16-10-14-21-13-9-15-23(27(21)25)29(32)35/h7-16,20,24H,5-6,17-18H2,1-4H3,(H,30,34)/t20-,24+/m0/s1. The van der Waals surface area contributed by atoms with Crippen molar-refractivity contribution in [3.8, 4) is 0 Å². The van der Waals surface area contributed by atoms with Crippen LogP contribution >= 0.6 is 0 Å². The van der Waals surface area contributed by atoms with Gasteiger partial charge in [-0.25, -0.2) is 0 Å². The maximum Gasteiger partial charge on any atom is 0.259 e. The Morgan fingerprint density at radius 2 is 1.69 bits per heavy atom. The average molecular weight is 472 g/mol. The average Bonchev–Trinajstić information content (AvgIpc) is 3.12. The van der Waals surface area contributed by atoms with Gasteiger partial charge in [0.1, 0.15) is 12.6 Å². The van der Waals surface area contributed by atoms with Crippen molar-refractivity contribution in [3.05, 3.63) is 77.4 Å². The lowest BCUT2D eigenvalue weighted by Gasteiger charge is -2.33. The highest BCUT2D eigenvalue weighted by atomic mass is 16.2. The van der Waals surface area contributed by atoms with E-state index in [9.17, 15) is 14.4 Å². The van der Waals surface area contributed by atoms with Crippen molar-refractivity contribution < 1.29 is 14.4 Å². The van der Waals surface area contributed by atoms with Crippen molar-refractivity contribution in [1.29, 1.82) is 0 Å². The molecule has 1 aliphatic heterocycles. The summed E-state index contributed by atoms with van der Waals surface area (Å²) in [7, 11) is 0. The highest BCUT2D eigenvalue weighted by molar-refractivity contribution is 6.26. The van der Waals surface area contributed by atoms with E-state index in [0.717, 1.165) is 34.0 Å². The molecule has 0 spiro atoms. The van der Waals surface area contributed by atoms with Crippen molar-refractivity contribution in [2.45, 2.75) is 59.2 Å². The summed E-state index contributed by atoms with van der Waals surface area (Å²) < 4.78 is 0. The summed E-state index contributed by atoms with van der Waals surface area (Å²) >= 11 is 0. The zero-order valence-corrected chi connectivity index (χ0v) is 20.9. The Bertz CT molecular complexity index is 1260. The number of rotatable bonds is 9. The predicted molar refractivity (Wildman–Crippen MR) is 139 cm³/mol. The maximum absolute atomic E-state index is 13.8. The molecule has 0 aromatic heterocycles. The molecule has 3 aromatic carbocycles. The number of benzene rings is 3. The van der Waals surface area contributed by atoms with E-state index in [-0.39, 0.29) is 30.3 Å². The van der Waals surface area contributed by atoms with Gasteiger partial charge < -0.3 is 10.2 Å². The second kappa shape index (κ2) is 10.3. The number of aryl methyl sites for hydroxylation is 1. The highest BCUT2D eigenvalue weighted by Gasteiger charge is 2.35. The fraction of sp³-hybridized carbons (Fsp3) is 0.345. The van der Waals surface area contributed by atoms with Crippen LogP contribution in [0.15, 0.2) is 60.7 Å². The molecule has 0 unspecified atom stereocenters. The van der Waals surface area contributed by atoms with Gasteiger partial charge in [0.2, 0.25) is 11.8 Å². The van der Waals surface area contributed by atoms with Crippen molar-refractivity contribution in [1.82, 2.24) is 10.2 Å². The van der Waals surface area contributed by atoms with Crippen LogP contribution in [-0.2, 0) is 16.1 Å². The predicted octanol–water partition coefficient (Wildman–Crippen LogP) is 4.83. The fourth-order valence-corrected chi connectivity index (χ4v) is 4.69. The summed E-state index contributed by atoms with van der Waals surface area (Å²) in [6.07, 6.45) is 1.28. The first-order valence-electron chi connectivity index (χ1n) is 12.3. The molecule has 6 heteroatoms. The van der Waals surface area contributed by atoms with E-state index >= 15 is 0 Å². The van der Waals surface area contributed by atoms with Gasteiger partial charge in [-0.2, -0.15) is 0 Å². The lowest BCUT2D eigenvalue weighted by molar-refractivity contribution is -0.140. The molecule has 0 fully saturated rings. The summed E-state index contributed by atoms with van der Waals surface area (Å²) in [5, 5.41) is 4.88. The van der Waals surface area contributed by atoms with Crippen LogP contribution in [0.5, 0.6) is 0 Å².